The van der Waals surface area contributed by atoms with Crippen LogP contribution in [0.4, 0.5) is 0 Å². The van der Waals surface area contributed by atoms with Crippen LogP contribution in [0.3, 0.4) is 0 Å². The van der Waals surface area contributed by atoms with Crippen LogP contribution in [0.1, 0.15) is 67.7 Å². The topological polar surface area (TPSA) is 106 Å². The molecule has 0 aromatic heterocycles. The average Bonchev–Trinajstić information content (AvgIpc) is 2.78. The molecule has 0 heterocycles. The zero-order chi connectivity index (χ0) is 23.3. The van der Waals surface area contributed by atoms with E-state index in [0.29, 0.717) is 29.8 Å². The molecule has 0 radical (unpaired) electrons. The first kappa shape index (κ1) is 22.9. The SMILES string of the molecule is CC(=O)c1cccc(CN(Cc2cccc(C(N)=O)c2)[C@@H](C)c2cccc(C(N)=O)c2)c1. The summed E-state index contributed by atoms with van der Waals surface area (Å²) in [6.07, 6.45) is 0. The van der Waals surface area contributed by atoms with Gasteiger partial charge < -0.3 is 11.5 Å². The maximum Gasteiger partial charge on any atom is 0.248 e. The van der Waals surface area contributed by atoms with Crippen LogP contribution < -0.4 is 11.5 Å². The lowest BCUT2D eigenvalue weighted by Gasteiger charge is -2.30. The third-order valence-corrected chi connectivity index (χ3v) is 5.52. The van der Waals surface area contributed by atoms with E-state index in [2.05, 4.69) is 4.90 Å². The number of hydrogen-bond donors (Lipinski definition) is 2. The fourth-order valence-corrected chi connectivity index (χ4v) is 3.67. The third-order valence-electron chi connectivity index (χ3n) is 5.52. The highest BCUT2D eigenvalue weighted by Crippen LogP contribution is 2.26. The largest absolute Gasteiger partial charge is 0.366 e. The number of nitrogens with zero attached hydrogens (tertiary/aromatic N) is 1. The van der Waals surface area contributed by atoms with E-state index < -0.39 is 11.8 Å². The van der Waals surface area contributed by atoms with E-state index >= 15 is 0 Å². The van der Waals surface area contributed by atoms with E-state index in [1.54, 1.807) is 37.3 Å². The zero-order valence-electron chi connectivity index (χ0n) is 18.2. The molecule has 3 aromatic carbocycles. The molecule has 0 aliphatic carbocycles. The predicted octanol–water partition coefficient (Wildman–Crippen LogP) is 3.85. The van der Waals surface area contributed by atoms with Crippen molar-refractivity contribution in [3.05, 3.63) is 106 Å². The smallest absolute Gasteiger partial charge is 0.248 e. The molecule has 0 bridgehead atoms. The molecule has 32 heavy (non-hydrogen) atoms. The van der Waals surface area contributed by atoms with Crippen molar-refractivity contribution >= 4 is 17.6 Å². The molecule has 0 unspecified atom stereocenters. The number of carbonyl (C=O) groups is 3. The van der Waals surface area contributed by atoms with E-state index in [0.717, 1.165) is 16.7 Å². The molecule has 1 atom stereocenters. The molecule has 3 rings (SSSR count). The first-order chi connectivity index (χ1) is 15.2. The van der Waals surface area contributed by atoms with Crippen LogP contribution in [0.5, 0.6) is 0 Å². The Kier molecular flexibility index (Phi) is 7.18. The number of amides is 2. The molecular formula is C26H27N3O3. The lowest BCUT2D eigenvalue weighted by Crippen LogP contribution is -2.27. The Morgan fingerprint density at radius 1 is 0.750 bits per heavy atom. The molecular weight excluding hydrogens is 402 g/mol. The summed E-state index contributed by atoms with van der Waals surface area (Å²) >= 11 is 0. The van der Waals surface area contributed by atoms with Crippen molar-refractivity contribution in [2.45, 2.75) is 33.0 Å². The van der Waals surface area contributed by atoms with Crippen LogP contribution in [-0.2, 0) is 13.1 Å². The van der Waals surface area contributed by atoms with Crippen molar-refractivity contribution in [3.8, 4) is 0 Å². The van der Waals surface area contributed by atoms with E-state index in [4.69, 9.17) is 11.5 Å². The van der Waals surface area contributed by atoms with E-state index in [-0.39, 0.29) is 11.8 Å². The summed E-state index contributed by atoms with van der Waals surface area (Å²) in [5.74, 6) is -0.946. The fraction of sp³-hybridized carbons (Fsp3) is 0.192. The maximum atomic E-state index is 11.8. The fourth-order valence-electron chi connectivity index (χ4n) is 3.67. The minimum atomic E-state index is -0.478. The van der Waals surface area contributed by atoms with Gasteiger partial charge in [0, 0.05) is 35.8 Å². The summed E-state index contributed by atoms with van der Waals surface area (Å²) in [5.41, 5.74) is 15.3. The minimum absolute atomic E-state index is 0.00904. The van der Waals surface area contributed by atoms with E-state index in [1.165, 1.54) is 0 Å². The van der Waals surface area contributed by atoms with Gasteiger partial charge in [-0.15, -0.1) is 0 Å². The van der Waals surface area contributed by atoms with Crippen molar-refractivity contribution in [1.82, 2.24) is 4.90 Å². The molecule has 0 saturated heterocycles. The second-order valence-corrected chi connectivity index (χ2v) is 7.89. The second kappa shape index (κ2) is 10.0. The highest BCUT2D eigenvalue weighted by atomic mass is 16.1. The van der Waals surface area contributed by atoms with Gasteiger partial charge in [0.05, 0.1) is 0 Å². The Balaban J connectivity index is 1.96. The number of hydrogen-bond acceptors (Lipinski definition) is 4. The van der Waals surface area contributed by atoms with Gasteiger partial charge in [0.25, 0.3) is 0 Å². The maximum absolute atomic E-state index is 11.8. The first-order valence-electron chi connectivity index (χ1n) is 10.4. The first-order valence-corrected chi connectivity index (χ1v) is 10.4. The summed E-state index contributed by atoms with van der Waals surface area (Å²) in [6, 6.07) is 21.9. The number of ketones is 1. The molecule has 3 aromatic rings. The Morgan fingerprint density at radius 3 is 1.75 bits per heavy atom. The third kappa shape index (κ3) is 5.68. The van der Waals surface area contributed by atoms with Gasteiger partial charge >= 0.3 is 0 Å². The summed E-state index contributed by atoms with van der Waals surface area (Å²) < 4.78 is 0. The van der Waals surface area contributed by atoms with E-state index in [9.17, 15) is 14.4 Å². The standard InChI is InChI=1S/C26H27N3O3/c1-17(21-8-5-11-24(14-21)26(28)32)29(15-19-6-3-9-22(12-19)18(2)30)16-20-7-4-10-23(13-20)25(27)31/h3-14,17H,15-16H2,1-2H3,(H2,27,31)(H2,28,32)/t17-/m0/s1. The second-order valence-electron chi connectivity index (χ2n) is 7.89. The molecule has 2 amide bonds. The Labute approximate surface area is 187 Å². The van der Waals surface area contributed by atoms with Crippen molar-refractivity contribution in [2.24, 2.45) is 11.5 Å². The van der Waals surface area contributed by atoms with E-state index in [1.807, 2.05) is 49.4 Å². The summed E-state index contributed by atoms with van der Waals surface area (Å²) in [6.45, 7) is 4.69. The normalized spacial score (nSPS) is 11.8. The van der Waals surface area contributed by atoms with Crippen LogP contribution in [0.25, 0.3) is 0 Å². The van der Waals surface area contributed by atoms with Gasteiger partial charge in [-0.3, -0.25) is 19.3 Å². The van der Waals surface area contributed by atoms with Gasteiger partial charge in [0.1, 0.15) is 0 Å². The lowest BCUT2D eigenvalue weighted by atomic mass is 10.0. The highest BCUT2D eigenvalue weighted by Gasteiger charge is 2.19. The van der Waals surface area contributed by atoms with Crippen molar-refractivity contribution in [3.63, 3.8) is 0 Å². The van der Waals surface area contributed by atoms with Crippen LogP contribution in [0, 0.1) is 0 Å². The highest BCUT2D eigenvalue weighted by molar-refractivity contribution is 5.94. The summed E-state index contributed by atoms with van der Waals surface area (Å²) in [4.78, 5) is 37.3. The molecule has 0 fully saturated rings. The summed E-state index contributed by atoms with van der Waals surface area (Å²) in [7, 11) is 0. The molecule has 0 saturated carbocycles. The van der Waals surface area contributed by atoms with Crippen LogP contribution in [0.15, 0.2) is 72.8 Å². The molecule has 164 valence electrons. The van der Waals surface area contributed by atoms with Crippen LogP contribution in [0.2, 0.25) is 0 Å². The number of Topliss-reactive ketones (excluding diaryl/α,β-unsaturated/α-hetero) is 1. The Bertz CT molecular complexity index is 1100. The van der Waals surface area contributed by atoms with Crippen molar-refractivity contribution in [1.29, 1.82) is 0 Å². The van der Waals surface area contributed by atoms with Gasteiger partial charge in [0.2, 0.25) is 11.8 Å². The van der Waals surface area contributed by atoms with Gasteiger partial charge in [-0.05, 0) is 60.9 Å². The average molecular weight is 430 g/mol. The number of rotatable bonds is 9. The van der Waals surface area contributed by atoms with Gasteiger partial charge in [0.15, 0.2) is 5.78 Å². The molecule has 4 N–H and O–H groups in total. The molecule has 0 aliphatic rings. The Hall–Kier alpha value is -3.77. The number of benzene rings is 3. The molecule has 6 nitrogen and oxygen atoms in total. The van der Waals surface area contributed by atoms with Crippen LogP contribution >= 0.6 is 0 Å². The number of primary amides is 2. The van der Waals surface area contributed by atoms with Crippen molar-refractivity contribution < 1.29 is 14.4 Å². The minimum Gasteiger partial charge on any atom is -0.366 e. The molecule has 0 spiro atoms. The molecule has 0 aliphatic heterocycles. The van der Waals surface area contributed by atoms with Crippen LogP contribution in [-0.4, -0.2) is 22.5 Å². The summed E-state index contributed by atoms with van der Waals surface area (Å²) in [5, 5.41) is 0. The number of carbonyl (C=O) groups excluding carboxylic acids is 3. The van der Waals surface area contributed by atoms with Gasteiger partial charge in [-0.25, -0.2) is 0 Å². The van der Waals surface area contributed by atoms with Crippen molar-refractivity contribution in [2.75, 3.05) is 0 Å². The Morgan fingerprint density at radius 2 is 1.22 bits per heavy atom. The monoisotopic (exact) mass is 429 g/mol. The number of nitrogens with two attached hydrogens (primary N) is 2. The lowest BCUT2D eigenvalue weighted by molar-refractivity contribution is 0.0992. The van der Waals surface area contributed by atoms with Gasteiger partial charge in [-0.1, -0.05) is 42.5 Å². The van der Waals surface area contributed by atoms with Gasteiger partial charge in [-0.2, -0.15) is 0 Å². The zero-order valence-corrected chi connectivity index (χ0v) is 18.2. The predicted molar refractivity (Wildman–Crippen MR) is 124 cm³/mol. The quantitative estimate of drug-likeness (QED) is 0.504. The molecule has 6 heteroatoms.